The number of carbonyl (C=O) groups is 1. The Morgan fingerprint density at radius 2 is 1.78 bits per heavy atom. The largest absolute Gasteiger partial charge is 0.504 e. The van der Waals surface area contributed by atoms with Crippen LogP contribution in [0, 0.1) is 19.7 Å². The van der Waals surface area contributed by atoms with E-state index in [9.17, 15) is 9.90 Å². The standard InChI is InChI=1S/C27H22FN5O3/c1-15-8-4-7-11-21(15)33-26(31-19-10-6-5-9-17(19)27(35)36-3)22(16(2)32-33)18-14-20-24(23(28)25(18)34)30-13-12-29-20/h4-14,31,34H,1-3H3. The van der Waals surface area contributed by atoms with E-state index >= 15 is 4.39 Å². The third kappa shape index (κ3) is 3.80. The first-order chi connectivity index (χ1) is 17.4. The number of halogens is 1. The van der Waals surface area contributed by atoms with Gasteiger partial charge in [-0.1, -0.05) is 30.3 Å². The molecule has 3 aromatic carbocycles. The molecule has 0 saturated heterocycles. The molecule has 180 valence electrons. The summed E-state index contributed by atoms with van der Waals surface area (Å²) < 4.78 is 21.8. The maximum absolute atomic E-state index is 15.2. The maximum Gasteiger partial charge on any atom is 0.339 e. The van der Waals surface area contributed by atoms with Gasteiger partial charge in [0.25, 0.3) is 0 Å². The molecule has 0 aliphatic carbocycles. The Hall–Kier alpha value is -4.79. The van der Waals surface area contributed by atoms with Crippen molar-refractivity contribution in [3.05, 3.63) is 89.6 Å². The van der Waals surface area contributed by atoms with E-state index in [0.717, 1.165) is 11.3 Å². The Morgan fingerprint density at radius 3 is 2.56 bits per heavy atom. The van der Waals surface area contributed by atoms with Crippen LogP contribution in [-0.2, 0) is 4.74 Å². The highest BCUT2D eigenvalue weighted by atomic mass is 19.1. The van der Waals surface area contributed by atoms with Gasteiger partial charge in [-0.2, -0.15) is 5.10 Å². The molecule has 5 rings (SSSR count). The zero-order valence-corrected chi connectivity index (χ0v) is 19.8. The molecule has 36 heavy (non-hydrogen) atoms. The number of aromatic hydroxyl groups is 1. The number of aromatic nitrogens is 4. The summed E-state index contributed by atoms with van der Waals surface area (Å²) in [4.78, 5) is 20.7. The van der Waals surface area contributed by atoms with Crippen LogP contribution in [0.1, 0.15) is 21.6 Å². The molecular weight excluding hydrogens is 461 g/mol. The number of hydrogen-bond acceptors (Lipinski definition) is 7. The van der Waals surface area contributed by atoms with Crippen molar-refractivity contribution in [1.29, 1.82) is 0 Å². The van der Waals surface area contributed by atoms with Crippen molar-refractivity contribution < 1.29 is 19.0 Å². The van der Waals surface area contributed by atoms with Crippen molar-refractivity contribution in [1.82, 2.24) is 19.7 Å². The van der Waals surface area contributed by atoms with Crippen LogP contribution in [0.3, 0.4) is 0 Å². The minimum absolute atomic E-state index is 0.0340. The molecule has 0 radical (unpaired) electrons. The summed E-state index contributed by atoms with van der Waals surface area (Å²) in [6, 6.07) is 16.1. The number of nitrogens with one attached hydrogen (secondary N) is 1. The number of rotatable bonds is 5. The normalized spacial score (nSPS) is 11.0. The minimum atomic E-state index is -0.875. The minimum Gasteiger partial charge on any atom is -0.504 e. The molecule has 5 aromatic rings. The second-order valence-corrected chi connectivity index (χ2v) is 8.18. The molecule has 8 nitrogen and oxygen atoms in total. The lowest BCUT2D eigenvalue weighted by Crippen LogP contribution is -2.09. The lowest BCUT2D eigenvalue weighted by molar-refractivity contribution is 0.0602. The van der Waals surface area contributed by atoms with E-state index in [1.54, 1.807) is 41.9 Å². The number of nitrogens with zero attached hydrogens (tertiary/aromatic N) is 4. The summed E-state index contributed by atoms with van der Waals surface area (Å²) >= 11 is 0. The van der Waals surface area contributed by atoms with E-state index in [-0.39, 0.29) is 16.6 Å². The van der Waals surface area contributed by atoms with E-state index in [0.29, 0.717) is 28.3 Å². The van der Waals surface area contributed by atoms with Crippen LogP contribution in [0.2, 0.25) is 0 Å². The van der Waals surface area contributed by atoms with Gasteiger partial charge in [0, 0.05) is 18.0 Å². The highest BCUT2D eigenvalue weighted by molar-refractivity contribution is 5.98. The fraction of sp³-hybridized carbons (Fsp3) is 0.111. The highest BCUT2D eigenvalue weighted by Crippen LogP contribution is 2.43. The molecule has 0 atom stereocenters. The number of para-hydroxylation sites is 2. The molecule has 0 unspecified atom stereocenters. The molecule has 0 saturated carbocycles. The number of ether oxygens (including phenoxy) is 1. The Labute approximate surface area is 206 Å². The van der Waals surface area contributed by atoms with Gasteiger partial charge in [0.1, 0.15) is 11.3 Å². The number of benzene rings is 3. The van der Waals surface area contributed by atoms with Crippen molar-refractivity contribution >= 4 is 28.5 Å². The molecule has 0 aliphatic rings. The van der Waals surface area contributed by atoms with Crippen molar-refractivity contribution in [3.8, 4) is 22.6 Å². The summed E-state index contributed by atoms with van der Waals surface area (Å²) in [5.74, 6) is -1.54. The van der Waals surface area contributed by atoms with E-state index in [2.05, 4.69) is 15.3 Å². The quantitative estimate of drug-likeness (QED) is 0.319. The SMILES string of the molecule is COC(=O)c1ccccc1Nc1c(-c2cc3nccnc3c(F)c2O)c(C)nn1-c1ccccc1C. The van der Waals surface area contributed by atoms with E-state index in [1.165, 1.54) is 19.5 Å². The van der Waals surface area contributed by atoms with Crippen LogP contribution < -0.4 is 5.32 Å². The number of carbonyl (C=O) groups excluding carboxylic acids is 1. The number of phenols is 1. The van der Waals surface area contributed by atoms with Gasteiger partial charge in [0.15, 0.2) is 11.6 Å². The number of phenolic OH excluding ortho intramolecular Hbond substituents is 1. The Morgan fingerprint density at radius 1 is 1.06 bits per heavy atom. The molecular formula is C27H22FN5O3. The van der Waals surface area contributed by atoms with Gasteiger partial charge in [-0.25, -0.2) is 18.9 Å². The predicted molar refractivity (Wildman–Crippen MR) is 134 cm³/mol. The summed E-state index contributed by atoms with van der Waals surface area (Å²) in [7, 11) is 1.31. The number of aryl methyl sites for hydroxylation is 2. The monoisotopic (exact) mass is 483 g/mol. The van der Waals surface area contributed by atoms with Gasteiger partial charge in [-0.05, 0) is 43.7 Å². The molecule has 0 bridgehead atoms. The van der Waals surface area contributed by atoms with Crippen LogP contribution in [0.15, 0.2) is 67.0 Å². The number of esters is 1. The topological polar surface area (TPSA) is 102 Å². The molecule has 0 spiro atoms. The second-order valence-electron chi connectivity index (χ2n) is 8.18. The number of hydrogen-bond donors (Lipinski definition) is 2. The van der Waals surface area contributed by atoms with Crippen LogP contribution >= 0.6 is 0 Å². The summed E-state index contributed by atoms with van der Waals surface area (Å²) in [6.07, 6.45) is 2.82. The van der Waals surface area contributed by atoms with Gasteiger partial charge < -0.3 is 15.2 Å². The summed E-state index contributed by atoms with van der Waals surface area (Å²) in [5.41, 5.74) is 3.88. The van der Waals surface area contributed by atoms with Crippen molar-refractivity contribution in [2.24, 2.45) is 0 Å². The lowest BCUT2D eigenvalue weighted by atomic mass is 10.0. The van der Waals surface area contributed by atoms with Gasteiger partial charge in [0.05, 0.1) is 40.8 Å². The van der Waals surface area contributed by atoms with E-state index in [4.69, 9.17) is 9.84 Å². The number of anilines is 2. The Kier molecular flexibility index (Phi) is 5.81. The van der Waals surface area contributed by atoms with Crippen LogP contribution in [0.25, 0.3) is 27.8 Å². The van der Waals surface area contributed by atoms with Crippen molar-refractivity contribution in [2.45, 2.75) is 13.8 Å². The second kappa shape index (κ2) is 9.10. The molecule has 0 aliphatic heterocycles. The zero-order chi connectivity index (χ0) is 25.4. The third-order valence-electron chi connectivity index (χ3n) is 5.94. The van der Waals surface area contributed by atoms with Gasteiger partial charge in [0.2, 0.25) is 0 Å². The van der Waals surface area contributed by atoms with Gasteiger partial charge in [-0.3, -0.25) is 4.98 Å². The van der Waals surface area contributed by atoms with Crippen LogP contribution in [0.4, 0.5) is 15.9 Å². The first-order valence-electron chi connectivity index (χ1n) is 11.1. The average molecular weight is 484 g/mol. The van der Waals surface area contributed by atoms with Crippen LogP contribution in [-0.4, -0.2) is 37.9 Å². The summed E-state index contributed by atoms with van der Waals surface area (Å²) in [5, 5.41) is 18.9. The van der Waals surface area contributed by atoms with E-state index in [1.807, 2.05) is 31.2 Å². The number of fused-ring (bicyclic) bond motifs is 1. The number of methoxy groups -OCH3 is 1. The molecule has 2 N–H and O–H groups in total. The fourth-order valence-electron chi connectivity index (χ4n) is 4.20. The predicted octanol–water partition coefficient (Wildman–Crippen LogP) is 5.47. The van der Waals surface area contributed by atoms with E-state index < -0.39 is 17.5 Å². The molecule has 9 heteroatoms. The molecule has 0 fully saturated rings. The smallest absolute Gasteiger partial charge is 0.339 e. The third-order valence-corrected chi connectivity index (χ3v) is 5.94. The lowest BCUT2D eigenvalue weighted by Gasteiger charge is -2.16. The first kappa shape index (κ1) is 23.0. The molecule has 0 amide bonds. The zero-order valence-electron chi connectivity index (χ0n) is 19.8. The highest BCUT2D eigenvalue weighted by Gasteiger charge is 2.26. The summed E-state index contributed by atoms with van der Waals surface area (Å²) in [6.45, 7) is 3.71. The van der Waals surface area contributed by atoms with Crippen LogP contribution in [0.5, 0.6) is 5.75 Å². The van der Waals surface area contributed by atoms with Crippen molar-refractivity contribution in [3.63, 3.8) is 0 Å². The molecule has 2 aromatic heterocycles. The van der Waals surface area contributed by atoms with Crippen molar-refractivity contribution in [2.75, 3.05) is 12.4 Å². The average Bonchev–Trinajstić information content (AvgIpc) is 3.21. The van der Waals surface area contributed by atoms with Gasteiger partial charge in [-0.15, -0.1) is 0 Å². The molecule has 2 heterocycles. The maximum atomic E-state index is 15.2. The Bertz CT molecular complexity index is 1630. The van der Waals surface area contributed by atoms with Gasteiger partial charge >= 0.3 is 5.97 Å². The fourth-order valence-corrected chi connectivity index (χ4v) is 4.20. The first-order valence-corrected chi connectivity index (χ1v) is 11.1. The Balaban J connectivity index is 1.81.